The normalized spacial score (nSPS) is 15.5. The average molecular weight is 610 g/mol. The van der Waals surface area contributed by atoms with E-state index in [1.807, 2.05) is 0 Å². The molecule has 0 unspecified atom stereocenters. The topological polar surface area (TPSA) is 70.1 Å². The van der Waals surface area contributed by atoms with Gasteiger partial charge in [-0.3, -0.25) is 9.59 Å². The monoisotopic (exact) mass is 609 g/mol. The van der Waals surface area contributed by atoms with Gasteiger partial charge in [0.15, 0.2) is 17.3 Å². The van der Waals surface area contributed by atoms with E-state index in [4.69, 9.17) is 6.57 Å². The maximum absolute atomic E-state index is 13.1. The number of benzene rings is 2. The van der Waals surface area contributed by atoms with Crippen LogP contribution in [0.15, 0.2) is 28.7 Å². The third-order valence-corrected chi connectivity index (χ3v) is 7.40. The number of hydrogen-bond acceptors (Lipinski definition) is 2. The highest BCUT2D eigenvalue weighted by Crippen LogP contribution is 2.42. The van der Waals surface area contributed by atoms with Crippen LogP contribution in [0.1, 0.15) is 68.9 Å². The van der Waals surface area contributed by atoms with Crippen LogP contribution in [-0.2, 0) is 25.2 Å². The highest BCUT2D eigenvalue weighted by Gasteiger charge is 2.36. The van der Waals surface area contributed by atoms with Gasteiger partial charge in [0.05, 0.1) is 40.1 Å². The molecule has 0 aliphatic heterocycles. The van der Waals surface area contributed by atoms with Crippen molar-refractivity contribution in [2.24, 2.45) is 0 Å². The van der Waals surface area contributed by atoms with E-state index in [9.17, 15) is 35.9 Å². The summed E-state index contributed by atoms with van der Waals surface area (Å²) in [5.74, 6) is -0.276. The van der Waals surface area contributed by atoms with Crippen LogP contribution >= 0.6 is 15.9 Å². The molecule has 12 heteroatoms. The molecule has 0 bridgehead atoms. The molecule has 2 aliphatic carbocycles. The Kier molecular flexibility index (Phi) is 6.61. The van der Waals surface area contributed by atoms with Gasteiger partial charge in [-0.2, -0.15) is 26.3 Å². The number of ketones is 2. The summed E-state index contributed by atoms with van der Waals surface area (Å²) in [5.41, 5.74) is 0.141. The zero-order valence-corrected chi connectivity index (χ0v) is 21.5. The number of halogens is 7. The van der Waals surface area contributed by atoms with E-state index >= 15 is 0 Å². The lowest BCUT2D eigenvalue weighted by Gasteiger charge is -2.10. The number of H-pyrrole nitrogens is 2. The summed E-state index contributed by atoms with van der Waals surface area (Å²) in [6.45, 7) is 6.93. The largest absolute Gasteiger partial charge is 0.418 e. The fourth-order valence-corrected chi connectivity index (χ4v) is 5.72. The number of aryl methyl sites for hydroxylation is 2. The SMILES string of the molecule is O=C1CCCc2c1[nH]c1c(C(F)(F)F)cc(Br)cc21.[C-]#[N+]c1cc(C(F)(F)F)c2[nH]c3c(c2c1)CCCC3=O. The van der Waals surface area contributed by atoms with E-state index in [-0.39, 0.29) is 34.0 Å². The first-order valence-corrected chi connectivity index (χ1v) is 12.7. The van der Waals surface area contributed by atoms with Crippen LogP contribution in [0, 0.1) is 6.57 Å². The van der Waals surface area contributed by atoms with Gasteiger partial charge in [-0.05, 0) is 66.5 Å². The second-order valence-corrected chi connectivity index (χ2v) is 10.3. The first-order valence-electron chi connectivity index (χ1n) is 11.9. The molecule has 6 rings (SSSR count). The summed E-state index contributed by atoms with van der Waals surface area (Å²) in [4.78, 5) is 32.0. The third kappa shape index (κ3) is 4.84. The fourth-order valence-electron chi connectivity index (χ4n) is 5.26. The lowest BCUT2D eigenvalue weighted by molar-refractivity contribution is -0.137. The summed E-state index contributed by atoms with van der Waals surface area (Å²) in [6, 6.07) is 4.92. The van der Waals surface area contributed by atoms with Crippen molar-refractivity contribution in [3.05, 3.63) is 73.8 Å². The second kappa shape index (κ2) is 9.55. The minimum atomic E-state index is -4.56. The molecule has 2 aromatic heterocycles. The molecule has 0 fully saturated rings. The molecule has 0 saturated carbocycles. The maximum Gasteiger partial charge on any atom is 0.418 e. The highest BCUT2D eigenvalue weighted by atomic mass is 79.9. The van der Waals surface area contributed by atoms with Crippen molar-refractivity contribution in [3.8, 4) is 0 Å². The Bertz CT molecular complexity index is 1710. The lowest BCUT2D eigenvalue weighted by atomic mass is 9.94. The smallest absolute Gasteiger partial charge is 0.351 e. The van der Waals surface area contributed by atoms with Crippen molar-refractivity contribution in [1.82, 2.24) is 9.97 Å². The van der Waals surface area contributed by atoms with Gasteiger partial charge in [-0.25, -0.2) is 4.85 Å². The first kappa shape index (κ1) is 27.0. The van der Waals surface area contributed by atoms with E-state index in [1.54, 1.807) is 6.07 Å². The third-order valence-electron chi connectivity index (χ3n) is 6.94. The molecule has 2 N–H and O–H groups in total. The fraction of sp³-hybridized carbons (Fsp3) is 0.296. The van der Waals surface area contributed by atoms with Gasteiger partial charge in [0, 0.05) is 22.7 Å². The Hall–Kier alpha value is -3.59. The molecule has 0 radical (unpaired) electrons. The van der Waals surface area contributed by atoms with Gasteiger partial charge < -0.3 is 9.97 Å². The number of aromatic amines is 2. The van der Waals surface area contributed by atoms with Gasteiger partial charge in [0.25, 0.3) is 0 Å². The molecular formula is C27H18BrF6N3O2. The molecular weight excluding hydrogens is 592 g/mol. The van der Waals surface area contributed by atoms with Gasteiger partial charge >= 0.3 is 12.4 Å². The number of fused-ring (bicyclic) bond motifs is 6. The van der Waals surface area contributed by atoms with Crippen LogP contribution in [0.25, 0.3) is 26.7 Å². The minimum absolute atomic E-state index is 0.0101. The molecule has 0 atom stereocenters. The molecule has 39 heavy (non-hydrogen) atoms. The van der Waals surface area contributed by atoms with Gasteiger partial charge in [0.1, 0.15) is 0 Å². The molecule has 0 spiro atoms. The Morgan fingerprint density at radius 1 is 0.718 bits per heavy atom. The number of nitrogens with one attached hydrogen (secondary N) is 2. The second-order valence-electron chi connectivity index (χ2n) is 9.41. The van der Waals surface area contributed by atoms with Crippen LogP contribution in [0.2, 0.25) is 0 Å². The van der Waals surface area contributed by atoms with Crippen molar-refractivity contribution in [1.29, 1.82) is 0 Å². The molecule has 2 heterocycles. The quantitative estimate of drug-likeness (QED) is 0.155. The molecule has 0 saturated heterocycles. The van der Waals surface area contributed by atoms with Gasteiger partial charge in [-0.1, -0.05) is 15.9 Å². The number of rotatable bonds is 0. The molecule has 2 aromatic carbocycles. The zero-order valence-electron chi connectivity index (χ0n) is 20.0. The first-order chi connectivity index (χ1) is 18.3. The number of carbonyl (C=O) groups is 2. The van der Waals surface area contributed by atoms with Gasteiger partial charge in [0.2, 0.25) is 0 Å². The Morgan fingerprint density at radius 2 is 1.18 bits per heavy atom. The maximum atomic E-state index is 13.1. The van der Waals surface area contributed by atoms with Crippen LogP contribution < -0.4 is 0 Å². The Morgan fingerprint density at radius 3 is 1.64 bits per heavy atom. The average Bonchev–Trinajstić information content (AvgIpc) is 3.42. The number of Topliss-reactive ketones (excluding diaryl/α,β-unsaturated/α-hetero) is 2. The number of nitrogens with zero attached hydrogens (tertiary/aromatic N) is 1. The lowest BCUT2D eigenvalue weighted by Crippen LogP contribution is -2.09. The van der Waals surface area contributed by atoms with E-state index < -0.39 is 23.5 Å². The summed E-state index contributed by atoms with van der Waals surface area (Å²) in [7, 11) is 0. The molecule has 202 valence electrons. The summed E-state index contributed by atoms with van der Waals surface area (Å²) >= 11 is 3.10. The van der Waals surface area contributed by atoms with E-state index in [0.29, 0.717) is 70.6 Å². The Balaban J connectivity index is 0.000000158. The van der Waals surface area contributed by atoms with Gasteiger partial charge in [-0.15, -0.1) is 0 Å². The summed E-state index contributed by atoms with van der Waals surface area (Å²) in [5, 5.41) is 0.832. The Labute approximate surface area is 225 Å². The zero-order chi connectivity index (χ0) is 28.3. The van der Waals surface area contributed by atoms with Crippen molar-refractivity contribution >= 4 is 55.0 Å². The van der Waals surface area contributed by atoms with Crippen molar-refractivity contribution in [2.75, 3.05) is 0 Å². The molecule has 5 nitrogen and oxygen atoms in total. The van der Waals surface area contributed by atoms with E-state index in [1.165, 1.54) is 6.07 Å². The molecule has 4 aromatic rings. The van der Waals surface area contributed by atoms with Crippen molar-refractivity contribution in [3.63, 3.8) is 0 Å². The van der Waals surface area contributed by atoms with Crippen LogP contribution in [0.4, 0.5) is 32.0 Å². The number of carbonyl (C=O) groups excluding carboxylic acids is 2. The number of hydrogen-bond donors (Lipinski definition) is 2. The van der Waals surface area contributed by atoms with Crippen LogP contribution in [0.3, 0.4) is 0 Å². The highest BCUT2D eigenvalue weighted by molar-refractivity contribution is 9.10. The standard InChI is InChI=1S/C14H9F3N2O.C13H9BrF3NO/c1-18-7-5-9-8-3-2-4-11(20)13(8)19-12(9)10(6-7)14(15,16)17;14-6-4-8-7-2-1-3-10(19)12(7)18-11(8)9(5-6)13(15,16)17/h5-6,19H,2-4H2;4-5,18H,1-3H2. The predicted octanol–water partition coefficient (Wildman–Crippen LogP) is 8.72. The predicted molar refractivity (Wildman–Crippen MR) is 135 cm³/mol. The molecule has 0 amide bonds. The number of alkyl halides is 6. The van der Waals surface area contributed by atoms with E-state index in [0.717, 1.165) is 12.1 Å². The van der Waals surface area contributed by atoms with E-state index in [2.05, 4.69) is 30.7 Å². The number of aromatic nitrogens is 2. The minimum Gasteiger partial charge on any atom is -0.351 e. The summed E-state index contributed by atoms with van der Waals surface area (Å²) < 4.78 is 78.7. The van der Waals surface area contributed by atoms with Crippen LogP contribution in [0.5, 0.6) is 0 Å². The summed E-state index contributed by atoms with van der Waals surface area (Å²) in [6.07, 6.45) is -5.77. The van der Waals surface area contributed by atoms with Crippen molar-refractivity contribution < 1.29 is 35.9 Å². The van der Waals surface area contributed by atoms with Crippen molar-refractivity contribution in [2.45, 2.75) is 50.9 Å². The molecule has 2 aliphatic rings. The van der Waals surface area contributed by atoms with Crippen LogP contribution in [-0.4, -0.2) is 21.5 Å².